The van der Waals surface area contributed by atoms with Gasteiger partial charge in [0, 0.05) is 43.8 Å². The molecule has 1 aliphatic heterocycles. The first kappa shape index (κ1) is 21.8. The molecule has 1 aromatic heterocycles. The molecule has 2 aliphatic rings. The number of aromatic nitrogens is 1. The molecule has 4 rings (SSSR count). The zero-order valence-corrected chi connectivity index (χ0v) is 18.5. The molecule has 2 heterocycles. The number of hydrogen-bond donors (Lipinski definition) is 0. The van der Waals surface area contributed by atoms with Gasteiger partial charge in [0.25, 0.3) is 0 Å². The van der Waals surface area contributed by atoms with Gasteiger partial charge in [-0.1, -0.05) is 19.8 Å². The molecule has 6 nitrogen and oxygen atoms in total. The molecule has 2 aromatic rings. The molecule has 0 N–H and O–H groups in total. The molecule has 31 heavy (non-hydrogen) atoms. The highest BCUT2D eigenvalue weighted by Crippen LogP contribution is 2.38. The van der Waals surface area contributed by atoms with Gasteiger partial charge in [0.15, 0.2) is 0 Å². The molecular weight excluding hydrogens is 397 g/mol. The average molecular weight is 430 g/mol. The van der Waals surface area contributed by atoms with Gasteiger partial charge in [-0.05, 0) is 44.9 Å². The summed E-state index contributed by atoms with van der Waals surface area (Å²) < 4.78 is 22.2. The van der Waals surface area contributed by atoms with Crippen LogP contribution in [0.2, 0.25) is 0 Å². The van der Waals surface area contributed by atoms with E-state index in [0.29, 0.717) is 11.2 Å². The van der Waals surface area contributed by atoms with E-state index in [0.717, 1.165) is 45.6 Å². The Kier molecular flexibility index (Phi) is 6.60. The van der Waals surface area contributed by atoms with Crippen LogP contribution in [-0.4, -0.2) is 54.8 Å². The third kappa shape index (κ3) is 4.61. The second kappa shape index (κ2) is 9.39. The summed E-state index contributed by atoms with van der Waals surface area (Å²) in [6, 6.07) is 3.35. The molecule has 2 fully saturated rings. The Balaban J connectivity index is 1.64. The maximum Gasteiger partial charge on any atom is 0.343 e. The number of anilines is 1. The Morgan fingerprint density at radius 2 is 1.87 bits per heavy atom. The monoisotopic (exact) mass is 429 g/mol. The zero-order valence-electron chi connectivity index (χ0n) is 18.5. The third-order valence-electron chi connectivity index (χ3n) is 6.33. The van der Waals surface area contributed by atoms with Crippen LogP contribution in [0.15, 0.2) is 23.1 Å². The third-order valence-corrected chi connectivity index (χ3v) is 6.33. The van der Waals surface area contributed by atoms with Crippen molar-refractivity contribution in [1.29, 1.82) is 0 Å². The van der Waals surface area contributed by atoms with E-state index in [2.05, 4.69) is 16.7 Å². The van der Waals surface area contributed by atoms with Gasteiger partial charge in [-0.3, -0.25) is 9.69 Å². The Labute approximate surface area is 182 Å². The fourth-order valence-corrected chi connectivity index (χ4v) is 4.41. The number of carbonyl (C=O) groups excluding carboxylic acids is 1. The topological polar surface area (TPSA) is 54.8 Å². The molecule has 7 heteroatoms. The van der Waals surface area contributed by atoms with E-state index in [1.54, 1.807) is 19.2 Å². The number of piperazine rings is 1. The maximum atomic E-state index is 15.1. The summed E-state index contributed by atoms with van der Waals surface area (Å²) in [6.45, 7) is 8.56. The number of benzene rings is 1. The molecule has 0 unspecified atom stereocenters. The molecule has 0 radical (unpaired) electrons. The van der Waals surface area contributed by atoms with Crippen molar-refractivity contribution in [3.05, 3.63) is 39.9 Å². The first-order valence-electron chi connectivity index (χ1n) is 11.6. The van der Waals surface area contributed by atoms with Gasteiger partial charge in [-0.25, -0.2) is 9.18 Å². The van der Waals surface area contributed by atoms with Crippen LogP contribution in [0.3, 0.4) is 0 Å². The highest BCUT2D eigenvalue weighted by molar-refractivity contribution is 5.94. The molecular formula is C24H32FN3O3. The molecule has 1 saturated carbocycles. The summed E-state index contributed by atoms with van der Waals surface area (Å²) in [4.78, 5) is 29.8. The van der Waals surface area contributed by atoms with Gasteiger partial charge in [-0.2, -0.15) is 0 Å². The number of hydrogen-bond acceptors (Lipinski definition) is 5. The van der Waals surface area contributed by atoms with E-state index in [1.807, 2.05) is 4.57 Å². The number of esters is 1. The Morgan fingerprint density at radius 1 is 1.13 bits per heavy atom. The molecule has 1 aliphatic carbocycles. The minimum atomic E-state index is -0.646. The van der Waals surface area contributed by atoms with Crippen molar-refractivity contribution in [2.45, 2.75) is 52.0 Å². The number of unbranched alkanes of at least 4 members (excludes halogenated alkanes) is 2. The van der Waals surface area contributed by atoms with Gasteiger partial charge < -0.3 is 14.2 Å². The number of fused-ring (bicyclic) bond motifs is 1. The smallest absolute Gasteiger partial charge is 0.343 e. The summed E-state index contributed by atoms with van der Waals surface area (Å²) in [5.41, 5.74) is 0.756. The van der Waals surface area contributed by atoms with Gasteiger partial charge in [0.05, 0.1) is 17.8 Å². The van der Waals surface area contributed by atoms with Crippen molar-refractivity contribution in [1.82, 2.24) is 9.47 Å². The Bertz CT molecular complexity index is 1010. The maximum absolute atomic E-state index is 15.1. The van der Waals surface area contributed by atoms with Gasteiger partial charge >= 0.3 is 5.97 Å². The lowest BCUT2D eigenvalue weighted by atomic mass is 10.1. The van der Waals surface area contributed by atoms with Crippen molar-refractivity contribution in [2.75, 3.05) is 44.2 Å². The minimum absolute atomic E-state index is 0.0194. The standard InChI is InChI=1S/C24H32FN3O3/c1-3-5-6-9-26-10-12-27(13-11-26)22-15-21-18(14-20(22)25)23(29)19(24(30)31-4-2)16-28(21)17-7-8-17/h14-17H,3-13H2,1-2H3. The highest BCUT2D eigenvalue weighted by atomic mass is 19.1. The van der Waals surface area contributed by atoms with Crippen molar-refractivity contribution >= 4 is 22.6 Å². The average Bonchev–Trinajstić information content (AvgIpc) is 3.60. The first-order chi connectivity index (χ1) is 15.0. The summed E-state index contributed by atoms with van der Waals surface area (Å²) in [5, 5.41) is 0.247. The molecule has 0 amide bonds. The van der Waals surface area contributed by atoms with Gasteiger partial charge in [0.1, 0.15) is 11.4 Å². The van der Waals surface area contributed by atoms with Crippen LogP contribution >= 0.6 is 0 Å². The molecule has 0 bridgehead atoms. The van der Waals surface area contributed by atoms with E-state index in [1.165, 1.54) is 25.3 Å². The summed E-state index contributed by atoms with van der Waals surface area (Å²) in [5.74, 6) is -1.06. The van der Waals surface area contributed by atoms with Crippen molar-refractivity contribution in [3.8, 4) is 0 Å². The predicted molar refractivity (Wildman–Crippen MR) is 121 cm³/mol. The molecule has 0 spiro atoms. The largest absolute Gasteiger partial charge is 0.462 e. The minimum Gasteiger partial charge on any atom is -0.462 e. The molecule has 1 saturated heterocycles. The number of pyridine rings is 1. The van der Waals surface area contributed by atoms with E-state index in [-0.39, 0.29) is 23.6 Å². The number of ether oxygens (including phenoxy) is 1. The van der Waals surface area contributed by atoms with Crippen LogP contribution in [-0.2, 0) is 4.74 Å². The van der Waals surface area contributed by atoms with Gasteiger partial charge in [-0.15, -0.1) is 0 Å². The number of halogens is 1. The van der Waals surface area contributed by atoms with Crippen molar-refractivity contribution < 1.29 is 13.9 Å². The van der Waals surface area contributed by atoms with Crippen LogP contribution in [0.4, 0.5) is 10.1 Å². The van der Waals surface area contributed by atoms with Crippen molar-refractivity contribution in [3.63, 3.8) is 0 Å². The van der Waals surface area contributed by atoms with Crippen LogP contribution < -0.4 is 10.3 Å². The normalized spacial score (nSPS) is 17.3. The predicted octanol–water partition coefficient (Wildman–Crippen LogP) is 3.96. The lowest BCUT2D eigenvalue weighted by Gasteiger charge is -2.36. The number of carbonyl (C=O) groups is 1. The first-order valence-corrected chi connectivity index (χ1v) is 11.6. The zero-order chi connectivity index (χ0) is 22.0. The number of nitrogens with zero attached hydrogens (tertiary/aromatic N) is 3. The second-order valence-electron chi connectivity index (χ2n) is 8.59. The van der Waals surface area contributed by atoms with E-state index >= 15 is 4.39 Å². The van der Waals surface area contributed by atoms with E-state index in [4.69, 9.17) is 4.74 Å². The lowest BCUT2D eigenvalue weighted by molar-refractivity contribution is 0.0524. The molecule has 1 aromatic carbocycles. The van der Waals surface area contributed by atoms with Gasteiger partial charge in [0.2, 0.25) is 5.43 Å². The molecule has 0 atom stereocenters. The fraction of sp³-hybridized carbons (Fsp3) is 0.583. The SMILES string of the molecule is CCCCCN1CCN(c2cc3c(cc2F)c(=O)c(C(=O)OCC)cn3C2CC2)CC1. The summed E-state index contributed by atoms with van der Waals surface area (Å²) >= 11 is 0. The van der Waals surface area contributed by atoms with E-state index < -0.39 is 17.2 Å². The van der Waals surface area contributed by atoms with Crippen LogP contribution in [0, 0.1) is 5.82 Å². The highest BCUT2D eigenvalue weighted by Gasteiger charge is 2.29. The van der Waals surface area contributed by atoms with Crippen LogP contribution in [0.5, 0.6) is 0 Å². The molecule has 168 valence electrons. The fourth-order valence-electron chi connectivity index (χ4n) is 4.41. The second-order valence-corrected chi connectivity index (χ2v) is 8.59. The summed E-state index contributed by atoms with van der Waals surface area (Å²) in [7, 11) is 0. The van der Waals surface area contributed by atoms with Crippen LogP contribution in [0.1, 0.15) is 62.4 Å². The Hall–Kier alpha value is -2.41. The van der Waals surface area contributed by atoms with E-state index in [9.17, 15) is 9.59 Å². The Morgan fingerprint density at radius 3 is 2.52 bits per heavy atom. The van der Waals surface area contributed by atoms with Crippen LogP contribution in [0.25, 0.3) is 10.9 Å². The summed E-state index contributed by atoms with van der Waals surface area (Å²) in [6.07, 6.45) is 7.24. The number of rotatable bonds is 8. The lowest BCUT2D eigenvalue weighted by Crippen LogP contribution is -2.47. The quantitative estimate of drug-likeness (QED) is 0.470. The van der Waals surface area contributed by atoms with Crippen molar-refractivity contribution in [2.24, 2.45) is 0 Å².